The molecule has 2 atom stereocenters. The van der Waals surface area contributed by atoms with Crippen LogP contribution in [-0.2, 0) is 20.9 Å². The summed E-state index contributed by atoms with van der Waals surface area (Å²) < 4.78 is 5.46. The quantitative estimate of drug-likeness (QED) is 0.708. The van der Waals surface area contributed by atoms with E-state index >= 15 is 0 Å². The number of esters is 1. The Bertz CT molecular complexity index is 727. The first kappa shape index (κ1) is 22.9. The maximum absolute atomic E-state index is 13.3. The van der Waals surface area contributed by atoms with Gasteiger partial charge in [-0.15, -0.1) is 0 Å². The molecular weight excluding hydrogens is 370 g/mol. The molecule has 29 heavy (non-hydrogen) atoms. The Morgan fingerprint density at radius 2 is 1.83 bits per heavy atom. The average Bonchev–Trinajstić information content (AvgIpc) is 2.92. The molecule has 1 aromatic carbocycles. The van der Waals surface area contributed by atoms with Gasteiger partial charge >= 0.3 is 12.0 Å². The molecule has 0 saturated carbocycles. The van der Waals surface area contributed by atoms with Gasteiger partial charge < -0.3 is 15.0 Å². The molecule has 0 aliphatic carbocycles. The zero-order chi connectivity index (χ0) is 21.8. The van der Waals surface area contributed by atoms with Crippen molar-refractivity contribution in [3.63, 3.8) is 0 Å². The molecule has 1 aliphatic rings. The summed E-state index contributed by atoms with van der Waals surface area (Å²) in [6.07, 6.45) is 0.556. The van der Waals surface area contributed by atoms with E-state index in [0.717, 1.165) is 10.5 Å². The molecule has 1 aromatic rings. The molecule has 0 unspecified atom stereocenters. The summed E-state index contributed by atoms with van der Waals surface area (Å²) in [4.78, 5) is 41.2. The fourth-order valence-corrected chi connectivity index (χ4v) is 3.28. The van der Waals surface area contributed by atoms with Crippen LogP contribution in [0.4, 0.5) is 4.79 Å². The molecule has 0 spiro atoms. The topological polar surface area (TPSA) is 79.0 Å². The summed E-state index contributed by atoms with van der Waals surface area (Å²) in [6, 6.07) is 7.78. The summed E-state index contributed by atoms with van der Waals surface area (Å²) >= 11 is 0. The Morgan fingerprint density at radius 3 is 2.38 bits per heavy atom. The number of carbonyl (C=O) groups is 3. The second kappa shape index (κ2) is 9.39. The molecule has 0 aromatic heterocycles. The van der Waals surface area contributed by atoms with Gasteiger partial charge in [-0.25, -0.2) is 14.5 Å². The molecule has 1 aliphatic heterocycles. The molecular formula is C22H33N3O4. The third-order valence-corrected chi connectivity index (χ3v) is 4.61. The van der Waals surface area contributed by atoms with Crippen molar-refractivity contribution in [3.8, 4) is 0 Å². The Balaban J connectivity index is 2.20. The zero-order valence-electron chi connectivity index (χ0n) is 18.3. The van der Waals surface area contributed by atoms with E-state index in [1.165, 1.54) is 4.90 Å². The van der Waals surface area contributed by atoms with Crippen molar-refractivity contribution in [1.29, 1.82) is 0 Å². The minimum Gasteiger partial charge on any atom is -0.458 e. The first-order chi connectivity index (χ1) is 13.5. The van der Waals surface area contributed by atoms with Gasteiger partial charge in [0.1, 0.15) is 5.60 Å². The molecule has 7 nitrogen and oxygen atoms in total. The van der Waals surface area contributed by atoms with Crippen LogP contribution >= 0.6 is 0 Å². The van der Waals surface area contributed by atoms with E-state index in [1.807, 2.05) is 44.2 Å². The zero-order valence-corrected chi connectivity index (χ0v) is 18.3. The van der Waals surface area contributed by atoms with Crippen LogP contribution in [0, 0.1) is 5.92 Å². The number of hydrogen-bond acceptors (Lipinski definition) is 5. The van der Waals surface area contributed by atoms with E-state index in [2.05, 4.69) is 5.32 Å². The normalized spacial score (nSPS) is 18.3. The minimum absolute atomic E-state index is 0.132. The van der Waals surface area contributed by atoms with E-state index in [-0.39, 0.29) is 18.4 Å². The number of urea groups is 1. The molecule has 1 heterocycles. The van der Waals surface area contributed by atoms with Crippen LogP contribution < -0.4 is 5.32 Å². The third kappa shape index (κ3) is 6.29. The van der Waals surface area contributed by atoms with Gasteiger partial charge in [0, 0.05) is 13.6 Å². The van der Waals surface area contributed by atoms with Crippen molar-refractivity contribution in [1.82, 2.24) is 15.1 Å². The second-order valence-electron chi connectivity index (χ2n) is 8.97. The first-order valence-corrected chi connectivity index (χ1v) is 10.1. The fraction of sp³-hybridized carbons (Fsp3) is 0.591. The predicted octanol–water partition coefficient (Wildman–Crippen LogP) is 2.80. The van der Waals surface area contributed by atoms with Gasteiger partial charge in [-0.1, -0.05) is 44.2 Å². The molecule has 7 heteroatoms. The lowest BCUT2D eigenvalue weighted by Crippen LogP contribution is -2.53. The first-order valence-electron chi connectivity index (χ1n) is 10.1. The van der Waals surface area contributed by atoms with E-state index in [9.17, 15) is 14.4 Å². The highest BCUT2D eigenvalue weighted by Crippen LogP contribution is 2.21. The van der Waals surface area contributed by atoms with Crippen molar-refractivity contribution in [2.24, 2.45) is 5.92 Å². The maximum atomic E-state index is 13.3. The third-order valence-electron chi connectivity index (χ3n) is 4.61. The molecule has 0 bridgehead atoms. The van der Waals surface area contributed by atoms with Crippen LogP contribution in [-0.4, -0.2) is 59.0 Å². The highest BCUT2D eigenvalue weighted by atomic mass is 16.6. The highest BCUT2D eigenvalue weighted by Gasteiger charge is 2.47. The number of ether oxygens (including phenoxy) is 1. The van der Waals surface area contributed by atoms with Crippen LogP contribution in [0.5, 0.6) is 0 Å². The number of hydrogen-bond donors (Lipinski definition) is 1. The van der Waals surface area contributed by atoms with Gasteiger partial charge in [0.2, 0.25) is 5.91 Å². The van der Waals surface area contributed by atoms with Crippen molar-refractivity contribution in [2.45, 2.75) is 65.3 Å². The fourth-order valence-electron chi connectivity index (χ4n) is 3.28. The Morgan fingerprint density at radius 1 is 1.21 bits per heavy atom. The van der Waals surface area contributed by atoms with Gasteiger partial charge in [0.15, 0.2) is 6.04 Å². The van der Waals surface area contributed by atoms with Crippen LogP contribution in [0.2, 0.25) is 0 Å². The van der Waals surface area contributed by atoms with Gasteiger partial charge in [-0.2, -0.15) is 0 Å². The van der Waals surface area contributed by atoms with Gasteiger partial charge in [-0.05, 0) is 38.7 Å². The number of amides is 3. The lowest BCUT2D eigenvalue weighted by Gasteiger charge is -2.29. The number of imide groups is 1. The number of carbonyl (C=O) groups excluding carboxylic acids is 3. The van der Waals surface area contributed by atoms with Crippen LogP contribution in [0.1, 0.15) is 46.6 Å². The van der Waals surface area contributed by atoms with Crippen LogP contribution in [0.3, 0.4) is 0 Å². The number of rotatable bonds is 7. The summed E-state index contributed by atoms with van der Waals surface area (Å²) in [5.74, 6) is -0.711. The average molecular weight is 404 g/mol. The molecule has 0 radical (unpaired) electrons. The summed E-state index contributed by atoms with van der Waals surface area (Å²) in [5.41, 5.74) is 0.349. The van der Waals surface area contributed by atoms with Gasteiger partial charge in [-0.3, -0.25) is 4.79 Å². The van der Waals surface area contributed by atoms with Crippen LogP contribution in [0.15, 0.2) is 30.3 Å². The molecule has 1 saturated heterocycles. The smallest absolute Gasteiger partial charge is 0.331 e. The lowest BCUT2D eigenvalue weighted by molar-refractivity contribution is -0.162. The Labute approximate surface area is 173 Å². The van der Waals surface area contributed by atoms with Gasteiger partial charge in [0.05, 0.1) is 12.6 Å². The van der Waals surface area contributed by atoms with Crippen molar-refractivity contribution >= 4 is 17.9 Å². The van der Waals surface area contributed by atoms with E-state index in [0.29, 0.717) is 13.0 Å². The number of nitrogens with one attached hydrogen (secondary N) is 1. The number of nitrogens with zero attached hydrogens (tertiary/aromatic N) is 2. The molecule has 1 fully saturated rings. The van der Waals surface area contributed by atoms with Crippen molar-refractivity contribution in [3.05, 3.63) is 35.9 Å². The molecule has 2 rings (SSSR count). The predicted molar refractivity (Wildman–Crippen MR) is 111 cm³/mol. The standard InChI is InChI=1S/C22H33N3O4/c1-15(2)12-17(23-13-16-10-8-7-9-11-16)19(26)25-18(14-24(6)21(25)28)20(27)29-22(3,4)5/h7-11,15,17-18,23H,12-14H2,1-6H3/t17-,18+/m1/s1. The van der Waals surface area contributed by atoms with Gasteiger partial charge in [0.25, 0.3) is 0 Å². The van der Waals surface area contributed by atoms with E-state index in [4.69, 9.17) is 4.74 Å². The SMILES string of the molecule is CC(C)C[C@@H](NCc1ccccc1)C(=O)N1C(=O)N(C)C[C@H]1C(=O)OC(C)(C)C. The van der Waals surface area contributed by atoms with E-state index in [1.54, 1.807) is 27.8 Å². The lowest BCUT2D eigenvalue weighted by atomic mass is 10.0. The second-order valence-corrected chi connectivity index (χ2v) is 8.97. The highest BCUT2D eigenvalue weighted by molar-refractivity contribution is 6.03. The van der Waals surface area contributed by atoms with Crippen molar-refractivity contribution < 1.29 is 19.1 Å². The van der Waals surface area contributed by atoms with Crippen LogP contribution in [0.25, 0.3) is 0 Å². The molecule has 3 amide bonds. The molecule has 160 valence electrons. The monoisotopic (exact) mass is 403 g/mol. The Kier molecular flexibility index (Phi) is 7.41. The molecule has 1 N–H and O–H groups in total. The summed E-state index contributed by atoms with van der Waals surface area (Å²) in [5, 5.41) is 3.27. The number of benzene rings is 1. The largest absolute Gasteiger partial charge is 0.458 e. The summed E-state index contributed by atoms with van der Waals surface area (Å²) in [7, 11) is 1.59. The summed E-state index contributed by atoms with van der Waals surface area (Å²) in [6.45, 7) is 9.97. The van der Waals surface area contributed by atoms with E-state index < -0.39 is 29.7 Å². The minimum atomic E-state index is -0.938. The number of likely N-dealkylation sites (N-methyl/N-ethyl adjacent to an activating group) is 1. The Hall–Kier alpha value is -2.41. The maximum Gasteiger partial charge on any atom is 0.331 e. The van der Waals surface area contributed by atoms with Crippen molar-refractivity contribution in [2.75, 3.05) is 13.6 Å².